The minimum Gasteiger partial charge on any atom is -0.444 e. The molecule has 0 bridgehead atoms. The molecule has 2 saturated carbocycles. The summed E-state index contributed by atoms with van der Waals surface area (Å²) in [6.07, 6.45) is 5.34. The SMILES string of the molecule is Cc1cc(C(=O)NC2CCC(O)CC2)ccc1-c1ccc(CC(NC(=O)C2CCC(CNC(=O)OC(C)(C)C)CC2)C(=O)Nc2ccc(-c3nn[nH]n3)cc2)cc1. The summed E-state index contributed by atoms with van der Waals surface area (Å²) in [5.74, 6) is -0.200. The first-order chi connectivity index (χ1) is 27.3. The van der Waals surface area contributed by atoms with E-state index in [9.17, 15) is 24.3 Å². The summed E-state index contributed by atoms with van der Waals surface area (Å²) in [7, 11) is 0. The maximum Gasteiger partial charge on any atom is 0.407 e. The van der Waals surface area contributed by atoms with Crippen molar-refractivity contribution in [1.82, 2.24) is 36.6 Å². The third-order valence-electron chi connectivity index (χ3n) is 10.8. The molecule has 4 aromatic rings. The van der Waals surface area contributed by atoms with Crippen LogP contribution in [-0.2, 0) is 20.7 Å². The lowest BCUT2D eigenvalue weighted by molar-refractivity contribution is -0.130. The number of aromatic amines is 1. The zero-order chi connectivity index (χ0) is 40.5. The Hall–Kier alpha value is -5.63. The average molecular weight is 779 g/mol. The maximum absolute atomic E-state index is 13.8. The van der Waals surface area contributed by atoms with E-state index >= 15 is 0 Å². The highest BCUT2D eigenvalue weighted by Crippen LogP contribution is 2.30. The van der Waals surface area contributed by atoms with E-state index in [-0.39, 0.29) is 48.1 Å². The largest absolute Gasteiger partial charge is 0.444 e. The molecule has 2 aliphatic carbocycles. The third-order valence-corrected chi connectivity index (χ3v) is 10.8. The summed E-state index contributed by atoms with van der Waals surface area (Å²) in [5.41, 5.74) is 5.10. The maximum atomic E-state index is 13.8. The van der Waals surface area contributed by atoms with Gasteiger partial charge in [0.25, 0.3) is 5.91 Å². The number of aliphatic hydroxyl groups is 1. The molecule has 1 atom stereocenters. The van der Waals surface area contributed by atoms with Gasteiger partial charge in [-0.1, -0.05) is 30.3 Å². The number of aliphatic hydroxyl groups excluding tert-OH is 1. The van der Waals surface area contributed by atoms with Gasteiger partial charge in [-0.15, -0.1) is 10.2 Å². The molecular formula is C43H54N8O6. The first-order valence-electron chi connectivity index (χ1n) is 19.9. The molecule has 0 saturated heterocycles. The van der Waals surface area contributed by atoms with Crippen molar-refractivity contribution in [2.24, 2.45) is 11.8 Å². The van der Waals surface area contributed by atoms with Crippen molar-refractivity contribution in [3.63, 3.8) is 0 Å². The van der Waals surface area contributed by atoms with Gasteiger partial charge in [-0.05, 0) is 149 Å². The molecule has 1 unspecified atom stereocenters. The van der Waals surface area contributed by atoms with E-state index in [1.165, 1.54) is 0 Å². The number of aryl methyl sites for hydroxylation is 1. The van der Waals surface area contributed by atoms with Gasteiger partial charge in [0.05, 0.1) is 6.10 Å². The van der Waals surface area contributed by atoms with Crippen LogP contribution in [0.4, 0.5) is 10.5 Å². The van der Waals surface area contributed by atoms with Gasteiger partial charge >= 0.3 is 6.09 Å². The summed E-state index contributed by atoms with van der Waals surface area (Å²) in [6.45, 7) is 7.94. The number of hydrogen-bond donors (Lipinski definition) is 6. The monoisotopic (exact) mass is 778 g/mol. The first-order valence-corrected chi connectivity index (χ1v) is 19.9. The Morgan fingerprint density at radius 3 is 2.19 bits per heavy atom. The zero-order valence-corrected chi connectivity index (χ0v) is 33.1. The normalized spacial score (nSPS) is 20.2. The molecule has 4 amide bonds. The van der Waals surface area contributed by atoms with Crippen molar-refractivity contribution >= 4 is 29.5 Å². The highest BCUT2D eigenvalue weighted by Gasteiger charge is 2.30. The van der Waals surface area contributed by atoms with Crippen molar-refractivity contribution in [3.8, 4) is 22.5 Å². The number of benzene rings is 3. The molecule has 0 radical (unpaired) electrons. The smallest absolute Gasteiger partial charge is 0.407 e. The molecule has 1 heterocycles. The standard InChI is InChI=1S/C43H54N8O6/c1-26-23-32(40(54)45-34-18-20-35(52)21-19-34)15-22-36(26)29-9-5-27(6-10-29)24-37(41(55)46-33-16-13-30(14-17-33)38-48-50-51-49-38)47-39(53)31-11-7-28(8-12-31)25-44-42(56)57-43(2,3)4/h5-6,9-10,13-17,22-23,28,31,34-35,37,52H,7-8,11-12,18-21,24-25H2,1-4H3,(H,44,56)(H,45,54)(H,46,55)(H,47,53)(H,48,49,50,51). The Kier molecular flexibility index (Phi) is 13.3. The molecule has 2 fully saturated rings. The number of tetrazole rings is 1. The number of anilines is 1. The molecule has 0 aliphatic heterocycles. The van der Waals surface area contributed by atoms with Crippen molar-refractivity contribution < 1.29 is 29.0 Å². The second-order valence-corrected chi connectivity index (χ2v) is 16.4. The predicted octanol–water partition coefficient (Wildman–Crippen LogP) is 5.87. The quantitative estimate of drug-likeness (QED) is 0.102. The third kappa shape index (κ3) is 11.7. The van der Waals surface area contributed by atoms with E-state index in [4.69, 9.17) is 4.74 Å². The van der Waals surface area contributed by atoms with Crippen molar-refractivity contribution in [2.75, 3.05) is 11.9 Å². The van der Waals surface area contributed by atoms with Crippen LogP contribution < -0.4 is 21.3 Å². The number of amides is 4. The van der Waals surface area contributed by atoms with Gasteiger partial charge in [-0.25, -0.2) is 4.79 Å². The van der Waals surface area contributed by atoms with E-state index < -0.39 is 17.7 Å². The van der Waals surface area contributed by atoms with Crippen LogP contribution in [-0.4, -0.2) is 79.9 Å². The Morgan fingerprint density at radius 2 is 1.56 bits per heavy atom. The Labute approximate surface area is 333 Å². The first kappa shape index (κ1) is 41.0. The second-order valence-electron chi connectivity index (χ2n) is 16.4. The number of carbonyl (C=O) groups is 4. The Bertz CT molecular complexity index is 1980. The minimum atomic E-state index is -0.848. The van der Waals surface area contributed by atoms with Gasteiger partial charge in [0.15, 0.2) is 0 Å². The number of H-pyrrole nitrogens is 1. The van der Waals surface area contributed by atoms with Crippen LogP contribution in [0.5, 0.6) is 0 Å². The zero-order valence-electron chi connectivity index (χ0n) is 33.1. The van der Waals surface area contributed by atoms with Crippen LogP contribution in [0.15, 0.2) is 66.7 Å². The van der Waals surface area contributed by atoms with Crippen LogP contribution in [0.25, 0.3) is 22.5 Å². The summed E-state index contributed by atoms with van der Waals surface area (Å²) < 4.78 is 5.36. The molecule has 14 heteroatoms. The number of hydrogen-bond acceptors (Lipinski definition) is 9. The van der Waals surface area contributed by atoms with Crippen LogP contribution in [0.1, 0.15) is 93.6 Å². The molecule has 57 heavy (non-hydrogen) atoms. The summed E-state index contributed by atoms with van der Waals surface area (Å²) in [6, 6.07) is 19.9. The number of carbonyl (C=O) groups excluding carboxylic acids is 4. The van der Waals surface area contributed by atoms with Gasteiger partial charge in [-0.3, -0.25) is 14.4 Å². The number of ether oxygens (including phenoxy) is 1. The number of aromatic nitrogens is 4. The van der Waals surface area contributed by atoms with Crippen molar-refractivity contribution in [2.45, 2.75) is 109 Å². The van der Waals surface area contributed by atoms with Crippen LogP contribution in [0.3, 0.4) is 0 Å². The highest BCUT2D eigenvalue weighted by molar-refractivity contribution is 5.98. The molecule has 2 aliphatic rings. The molecule has 3 aromatic carbocycles. The van der Waals surface area contributed by atoms with E-state index in [0.717, 1.165) is 53.5 Å². The molecule has 1 aromatic heterocycles. The van der Waals surface area contributed by atoms with Gasteiger partial charge in [0.1, 0.15) is 11.6 Å². The Balaban J connectivity index is 1.10. The molecule has 6 N–H and O–H groups in total. The lowest BCUT2D eigenvalue weighted by Gasteiger charge is -2.29. The van der Waals surface area contributed by atoms with E-state index in [1.54, 1.807) is 24.3 Å². The lowest BCUT2D eigenvalue weighted by Crippen LogP contribution is -2.48. The number of nitrogens with one attached hydrogen (secondary N) is 5. The van der Waals surface area contributed by atoms with Crippen molar-refractivity contribution in [1.29, 1.82) is 0 Å². The Morgan fingerprint density at radius 1 is 0.877 bits per heavy atom. The summed E-state index contributed by atoms with van der Waals surface area (Å²) in [4.78, 5) is 52.7. The van der Waals surface area contributed by atoms with Gasteiger partial charge in [0.2, 0.25) is 17.6 Å². The minimum absolute atomic E-state index is 0.0715. The highest BCUT2D eigenvalue weighted by atomic mass is 16.6. The fourth-order valence-electron chi connectivity index (χ4n) is 7.56. The van der Waals surface area contributed by atoms with E-state index in [1.807, 2.05) is 70.2 Å². The van der Waals surface area contributed by atoms with Gasteiger partial charge in [-0.2, -0.15) is 5.21 Å². The van der Waals surface area contributed by atoms with Gasteiger partial charge in [0, 0.05) is 41.7 Å². The van der Waals surface area contributed by atoms with Gasteiger partial charge < -0.3 is 31.1 Å². The fraction of sp³-hybridized carbons (Fsp3) is 0.465. The predicted molar refractivity (Wildman–Crippen MR) is 216 cm³/mol. The molecule has 6 rings (SSSR count). The fourth-order valence-corrected chi connectivity index (χ4v) is 7.56. The summed E-state index contributed by atoms with van der Waals surface area (Å²) in [5, 5.41) is 35.8. The number of rotatable bonds is 12. The van der Waals surface area contributed by atoms with E-state index in [0.29, 0.717) is 49.3 Å². The van der Waals surface area contributed by atoms with Crippen LogP contribution in [0, 0.1) is 18.8 Å². The molecule has 14 nitrogen and oxygen atoms in total. The second kappa shape index (κ2) is 18.5. The summed E-state index contributed by atoms with van der Waals surface area (Å²) >= 11 is 0. The molecule has 0 spiro atoms. The average Bonchev–Trinajstić information content (AvgIpc) is 3.73. The number of alkyl carbamates (subject to hydrolysis) is 1. The lowest BCUT2D eigenvalue weighted by atomic mass is 9.81. The van der Waals surface area contributed by atoms with Crippen molar-refractivity contribution in [3.05, 3.63) is 83.4 Å². The van der Waals surface area contributed by atoms with E-state index in [2.05, 4.69) is 41.9 Å². The topological polar surface area (TPSA) is 200 Å². The molecular weight excluding hydrogens is 725 g/mol. The van der Waals surface area contributed by atoms with Crippen LogP contribution >= 0.6 is 0 Å². The molecule has 302 valence electrons. The number of nitrogens with zero attached hydrogens (tertiary/aromatic N) is 3. The van der Waals surface area contributed by atoms with Crippen LogP contribution in [0.2, 0.25) is 0 Å².